The van der Waals surface area contributed by atoms with E-state index in [0.29, 0.717) is 24.9 Å². The number of benzene rings is 2. The van der Waals surface area contributed by atoms with Crippen molar-refractivity contribution in [3.8, 4) is 17.1 Å². The Morgan fingerprint density at radius 1 is 0.976 bits per heavy atom. The molecule has 0 N–H and O–H groups in total. The van der Waals surface area contributed by atoms with Crippen LogP contribution in [0.4, 0.5) is 5.69 Å². The number of anilines is 1. The summed E-state index contributed by atoms with van der Waals surface area (Å²) < 4.78 is 17.2. The van der Waals surface area contributed by atoms with Crippen molar-refractivity contribution >= 4 is 17.6 Å². The number of carbonyl (C=O) groups excluding carboxylic acids is 2. The lowest BCUT2D eigenvalue weighted by Gasteiger charge is -2.37. The number of esters is 1. The second-order valence-electron chi connectivity index (χ2n) is 12.8. The first kappa shape index (κ1) is 28.8. The predicted molar refractivity (Wildman–Crippen MR) is 160 cm³/mol. The molecule has 5 rings (SSSR count). The topological polar surface area (TPSA) is 72.2 Å². The molecule has 1 aromatic heterocycles. The molecule has 0 spiro atoms. The number of furan rings is 1. The van der Waals surface area contributed by atoms with Crippen molar-refractivity contribution in [2.24, 2.45) is 5.92 Å². The van der Waals surface area contributed by atoms with E-state index >= 15 is 0 Å². The molecule has 7 nitrogen and oxygen atoms in total. The van der Waals surface area contributed by atoms with Crippen LogP contribution in [0.1, 0.15) is 65.9 Å². The fraction of sp³-hybridized carbons (Fsp3) is 0.471. The highest BCUT2D eigenvalue weighted by atomic mass is 16.6. The maximum Gasteiger partial charge on any atom is 0.350 e. The predicted octanol–water partition coefficient (Wildman–Crippen LogP) is 6.85. The van der Waals surface area contributed by atoms with E-state index < -0.39 is 17.2 Å². The molecule has 2 aromatic carbocycles. The Hall–Kier alpha value is -3.74. The summed E-state index contributed by atoms with van der Waals surface area (Å²) in [4.78, 5) is 30.9. The summed E-state index contributed by atoms with van der Waals surface area (Å²) in [7, 11) is 0. The van der Waals surface area contributed by atoms with Gasteiger partial charge in [0.15, 0.2) is 5.60 Å². The molecule has 2 fully saturated rings. The average Bonchev–Trinajstić information content (AvgIpc) is 3.63. The highest BCUT2D eigenvalue weighted by Crippen LogP contribution is 2.34. The van der Waals surface area contributed by atoms with E-state index in [1.165, 1.54) is 0 Å². The van der Waals surface area contributed by atoms with Gasteiger partial charge in [0.05, 0.1) is 12.2 Å². The highest BCUT2D eigenvalue weighted by Gasteiger charge is 2.38. The Balaban J connectivity index is 1.24. The molecule has 2 heterocycles. The van der Waals surface area contributed by atoms with Crippen LogP contribution in [0, 0.1) is 5.92 Å². The average molecular weight is 559 g/mol. The minimum absolute atomic E-state index is 0.0606. The maximum absolute atomic E-state index is 13.9. The van der Waals surface area contributed by atoms with E-state index in [-0.39, 0.29) is 11.8 Å². The van der Waals surface area contributed by atoms with Crippen LogP contribution in [0.2, 0.25) is 0 Å². The van der Waals surface area contributed by atoms with Gasteiger partial charge in [-0.05, 0) is 90.1 Å². The Morgan fingerprint density at radius 2 is 1.73 bits per heavy atom. The molecule has 0 bridgehead atoms. The van der Waals surface area contributed by atoms with Crippen LogP contribution in [0.5, 0.6) is 5.75 Å². The lowest BCUT2D eigenvalue weighted by atomic mass is 9.95. The summed E-state index contributed by atoms with van der Waals surface area (Å²) in [5.41, 5.74) is 1.43. The quantitative estimate of drug-likeness (QED) is 0.267. The SMILES string of the molecule is CC(C)(C)OC(=O)C(C)(C)Oc1cccc(N2CCCC(C(=O)N(Cc3ccc(-c4ccco4)cc3)C3CC3)C2)c1. The Kier molecular flexibility index (Phi) is 8.16. The zero-order valence-corrected chi connectivity index (χ0v) is 24.9. The van der Waals surface area contributed by atoms with Crippen LogP contribution in [-0.4, -0.2) is 47.1 Å². The van der Waals surface area contributed by atoms with Crippen LogP contribution in [0.25, 0.3) is 11.3 Å². The van der Waals surface area contributed by atoms with Crippen molar-refractivity contribution < 1.29 is 23.5 Å². The molecule has 1 aliphatic heterocycles. The summed E-state index contributed by atoms with van der Waals surface area (Å²) >= 11 is 0. The van der Waals surface area contributed by atoms with Gasteiger partial charge >= 0.3 is 5.97 Å². The third-order valence-electron chi connectivity index (χ3n) is 7.60. The minimum atomic E-state index is -1.13. The van der Waals surface area contributed by atoms with Gasteiger partial charge in [0.25, 0.3) is 0 Å². The second kappa shape index (κ2) is 11.6. The smallest absolute Gasteiger partial charge is 0.350 e. The van der Waals surface area contributed by atoms with Crippen LogP contribution >= 0.6 is 0 Å². The Bertz CT molecular complexity index is 1340. The number of rotatable bonds is 9. The van der Waals surface area contributed by atoms with Crippen LogP contribution in [0.3, 0.4) is 0 Å². The zero-order chi connectivity index (χ0) is 29.2. The van der Waals surface area contributed by atoms with Gasteiger partial charge in [0.1, 0.15) is 17.1 Å². The molecule has 0 radical (unpaired) electrons. The fourth-order valence-electron chi connectivity index (χ4n) is 5.32. The third kappa shape index (κ3) is 7.32. The van der Waals surface area contributed by atoms with E-state index in [2.05, 4.69) is 34.1 Å². The van der Waals surface area contributed by atoms with Gasteiger partial charge in [0.2, 0.25) is 5.91 Å². The van der Waals surface area contributed by atoms with E-state index in [0.717, 1.165) is 54.8 Å². The summed E-state index contributed by atoms with van der Waals surface area (Å²) in [6.07, 6.45) is 5.65. The summed E-state index contributed by atoms with van der Waals surface area (Å²) in [6.45, 7) is 11.1. The molecule has 218 valence electrons. The summed E-state index contributed by atoms with van der Waals surface area (Å²) in [5.74, 6) is 1.22. The number of ether oxygens (including phenoxy) is 2. The molecule has 41 heavy (non-hydrogen) atoms. The first-order valence-electron chi connectivity index (χ1n) is 14.7. The highest BCUT2D eigenvalue weighted by molar-refractivity contribution is 5.81. The summed E-state index contributed by atoms with van der Waals surface area (Å²) in [5, 5.41) is 0. The first-order valence-corrected chi connectivity index (χ1v) is 14.7. The van der Waals surface area contributed by atoms with E-state index in [4.69, 9.17) is 13.9 Å². The van der Waals surface area contributed by atoms with Crippen molar-refractivity contribution in [2.45, 2.75) is 84.1 Å². The molecule has 3 aromatic rings. The third-order valence-corrected chi connectivity index (χ3v) is 7.60. The Labute approximate surface area is 243 Å². The van der Waals surface area contributed by atoms with Crippen molar-refractivity contribution in [2.75, 3.05) is 18.0 Å². The lowest BCUT2D eigenvalue weighted by Crippen LogP contribution is -2.45. The molecule has 1 atom stereocenters. The number of hydrogen-bond acceptors (Lipinski definition) is 6. The van der Waals surface area contributed by atoms with Gasteiger partial charge in [-0.3, -0.25) is 4.79 Å². The zero-order valence-electron chi connectivity index (χ0n) is 24.9. The number of hydrogen-bond donors (Lipinski definition) is 0. The molecule has 1 unspecified atom stereocenters. The molecule has 7 heteroatoms. The largest absolute Gasteiger partial charge is 0.476 e. The number of carbonyl (C=O) groups is 2. The Morgan fingerprint density at radius 3 is 2.39 bits per heavy atom. The van der Waals surface area contributed by atoms with Crippen molar-refractivity contribution in [1.82, 2.24) is 4.90 Å². The maximum atomic E-state index is 13.9. The van der Waals surface area contributed by atoms with Gasteiger partial charge in [0, 0.05) is 43.0 Å². The van der Waals surface area contributed by atoms with Crippen LogP contribution in [-0.2, 0) is 20.9 Å². The van der Waals surface area contributed by atoms with Crippen molar-refractivity contribution in [1.29, 1.82) is 0 Å². The summed E-state index contributed by atoms with van der Waals surface area (Å²) in [6, 6.07) is 20.3. The van der Waals surface area contributed by atoms with Crippen molar-refractivity contribution in [3.63, 3.8) is 0 Å². The number of piperidine rings is 1. The van der Waals surface area contributed by atoms with Crippen LogP contribution in [0.15, 0.2) is 71.3 Å². The molecule has 1 saturated heterocycles. The lowest BCUT2D eigenvalue weighted by molar-refractivity contribution is -0.170. The fourth-order valence-corrected chi connectivity index (χ4v) is 5.32. The molecule has 1 amide bonds. The van der Waals surface area contributed by atoms with Gasteiger partial charge in [-0.25, -0.2) is 4.79 Å². The minimum Gasteiger partial charge on any atom is -0.476 e. The second-order valence-corrected chi connectivity index (χ2v) is 12.8. The number of amides is 1. The van der Waals surface area contributed by atoms with E-state index in [1.807, 2.05) is 57.2 Å². The molecular formula is C34H42N2O5. The van der Waals surface area contributed by atoms with Gasteiger partial charge in [-0.15, -0.1) is 0 Å². The van der Waals surface area contributed by atoms with Crippen molar-refractivity contribution in [3.05, 3.63) is 72.5 Å². The van der Waals surface area contributed by atoms with Gasteiger partial charge in [-0.2, -0.15) is 0 Å². The molecule has 1 saturated carbocycles. The molecule has 2 aliphatic rings. The molecular weight excluding hydrogens is 516 g/mol. The van der Waals surface area contributed by atoms with Gasteiger partial charge in [-0.1, -0.05) is 30.3 Å². The first-order chi connectivity index (χ1) is 19.5. The molecule has 1 aliphatic carbocycles. The number of nitrogens with zero attached hydrogens (tertiary/aromatic N) is 2. The standard InChI is InChI=1S/C34H42N2O5/c1-33(2,3)41-32(38)34(4,5)40-29-11-6-10-28(21-29)35-19-7-9-26(23-35)31(37)36(27-17-18-27)22-24-13-15-25(16-14-24)30-12-8-20-39-30/h6,8,10-16,20-21,26-27H,7,9,17-19,22-23H2,1-5H3. The monoisotopic (exact) mass is 558 g/mol. The van der Waals surface area contributed by atoms with E-state index in [9.17, 15) is 9.59 Å². The van der Waals surface area contributed by atoms with Crippen LogP contribution < -0.4 is 9.64 Å². The van der Waals surface area contributed by atoms with Gasteiger partial charge < -0.3 is 23.7 Å². The van der Waals surface area contributed by atoms with E-state index in [1.54, 1.807) is 20.1 Å². The normalized spacial score (nSPS) is 17.7.